The van der Waals surface area contributed by atoms with Crippen LogP contribution in [0.5, 0.6) is 0 Å². The fourth-order valence-corrected chi connectivity index (χ4v) is 19.0. The van der Waals surface area contributed by atoms with Gasteiger partial charge in [0.1, 0.15) is 0 Å². The van der Waals surface area contributed by atoms with Crippen molar-refractivity contribution >= 4 is 91.1 Å². The number of hydrogen-bond acceptors (Lipinski definition) is 9. The number of benzene rings is 4. The van der Waals surface area contributed by atoms with Gasteiger partial charge in [-0.05, 0) is 0 Å². The minimum absolute atomic E-state index is 0.000950. The zero-order chi connectivity index (χ0) is 42.3. The summed E-state index contributed by atoms with van der Waals surface area (Å²) in [5.41, 5.74) is -18.1. The molecule has 0 saturated carbocycles. The Balaban J connectivity index is 1.92. The van der Waals surface area contributed by atoms with E-state index in [1.54, 1.807) is 0 Å². The molecule has 4 rings (SSSR count). The summed E-state index contributed by atoms with van der Waals surface area (Å²) in [5.74, 6) is 7.36. The van der Waals surface area contributed by atoms with Crippen molar-refractivity contribution in [3.63, 3.8) is 0 Å². The van der Waals surface area contributed by atoms with Crippen molar-refractivity contribution in [1.82, 2.24) is 0 Å². The molecule has 0 N–H and O–H groups in total. The Kier molecular flexibility index (Phi) is 15.4. The molecular formula is C33H18F9I3O9S3. The predicted molar refractivity (Wildman–Crippen MR) is 213 cm³/mol. The van der Waals surface area contributed by atoms with Crippen LogP contribution in [0.15, 0.2) is 109 Å². The van der Waals surface area contributed by atoms with Crippen LogP contribution in [0.25, 0.3) is 0 Å². The van der Waals surface area contributed by atoms with Gasteiger partial charge in [-0.15, -0.1) is 0 Å². The van der Waals surface area contributed by atoms with Crippen molar-refractivity contribution in [2.24, 2.45) is 0 Å². The van der Waals surface area contributed by atoms with E-state index in [0.29, 0.717) is 0 Å². The van der Waals surface area contributed by atoms with Gasteiger partial charge in [0.25, 0.3) is 0 Å². The van der Waals surface area contributed by atoms with E-state index < -0.39 is 108 Å². The number of rotatable bonds is 9. The van der Waals surface area contributed by atoms with Crippen molar-refractivity contribution in [3.8, 4) is 29.5 Å². The molecule has 0 fully saturated rings. The second-order valence-corrected chi connectivity index (χ2v) is 27.3. The van der Waals surface area contributed by atoms with Crippen molar-refractivity contribution in [3.05, 3.63) is 137 Å². The van der Waals surface area contributed by atoms with E-state index in [0.717, 1.165) is 18.2 Å². The molecule has 0 radical (unpaired) electrons. The average molecular weight is 1210 g/mol. The molecule has 0 aliphatic heterocycles. The molecule has 0 unspecified atom stereocenters. The second kappa shape index (κ2) is 18.8. The van der Waals surface area contributed by atoms with E-state index in [9.17, 15) is 64.8 Å². The summed E-state index contributed by atoms with van der Waals surface area (Å²) in [5, 5.41) is 0. The maximum atomic E-state index is 13.3. The molecule has 0 aromatic heterocycles. The molecule has 0 bridgehead atoms. The zero-order valence-electron chi connectivity index (χ0n) is 27.3. The Hall–Kier alpha value is -3.15. The van der Waals surface area contributed by atoms with Gasteiger partial charge in [-0.25, -0.2) is 0 Å². The summed E-state index contributed by atoms with van der Waals surface area (Å²) in [6.45, 7) is 0. The van der Waals surface area contributed by atoms with Crippen LogP contribution >= 0.6 is 60.7 Å². The van der Waals surface area contributed by atoms with Gasteiger partial charge in [0.05, 0.1) is 0 Å². The monoisotopic (exact) mass is 1210 g/mol. The molecule has 306 valence electrons. The fourth-order valence-electron chi connectivity index (χ4n) is 3.40. The molecular weight excluding hydrogens is 1190 g/mol. The zero-order valence-corrected chi connectivity index (χ0v) is 36.2. The van der Waals surface area contributed by atoms with Gasteiger partial charge in [-0.1, -0.05) is 0 Å². The van der Waals surface area contributed by atoms with Crippen LogP contribution in [0.1, 0.15) is 16.7 Å². The van der Waals surface area contributed by atoms with Gasteiger partial charge >= 0.3 is 346 Å². The molecule has 9 nitrogen and oxygen atoms in total. The first-order valence-corrected chi connectivity index (χ1v) is 27.7. The number of alkyl halides is 9. The Morgan fingerprint density at radius 2 is 0.596 bits per heavy atom. The first kappa shape index (κ1) is 46.5. The fraction of sp³-hybridized carbons (Fsp3) is 0.0909. The summed E-state index contributed by atoms with van der Waals surface area (Å²) in [4.78, 5) is 0. The van der Waals surface area contributed by atoms with Crippen LogP contribution in [0.4, 0.5) is 39.5 Å². The van der Waals surface area contributed by atoms with Gasteiger partial charge in [-0.3, -0.25) is 0 Å². The summed E-state index contributed by atoms with van der Waals surface area (Å²) < 4.78 is 212. The van der Waals surface area contributed by atoms with Crippen molar-refractivity contribution in [1.29, 1.82) is 0 Å². The molecule has 0 atom stereocenters. The Labute approximate surface area is 342 Å². The quantitative estimate of drug-likeness (QED) is 0.0698. The summed E-state index contributed by atoms with van der Waals surface area (Å²) in [7, 11) is -18.5. The molecule has 0 spiro atoms. The molecule has 0 heterocycles. The van der Waals surface area contributed by atoms with Crippen LogP contribution in [0, 0.1) is 40.3 Å². The van der Waals surface area contributed by atoms with Crippen molar-refractivity contribution in [2.45, 2.75) is 16.5 Å². The van der Waals surface area contributed by atoms with E-state index in [1.165, 1.54) is 91.0 Å². The van der Waals surface area contributed by atoms with Gasteiger partial charge in [0, 0.05) is 0 Å². The van der Waals surface area contributed by atoms with Gasteiger partial charge in [-0.2, -0.15) is 0 Å². The van der Waals surface area contributed by atoms with E-state index in [1.807, 2.05) is 0 Å². The molecule has 57 heavy (non-hydrogen) atoms. The normalized spacial score (nSPS) is 13.1. The molecule has 24 heteroatoms. The van der Waals surface area contributed by atoms with Crippen LogP contribution in [0.2, 0.25) is 0 Å². The van der Waals surface area contributed by atoms with E-state index >= 15 is 0 Å². The SMILES string of the molecule is O=S(=O)(OI(C#Cc1cc(C#CI(OS(=O)(=O)C(F)(F)F)c2ccccc2)cc(C#CI(OS(=O)(=O)C(F)(F)F)c2ccccc2)c1)c1ccccc1)C(F)(F)F. The van der Waals surface area contributed by atoms with Gasteiger partial charge in [0.15, 0.2) is 0 Å². The molecule has 4 aromatic rings. The van der Waals surface area contributed by atoms with Crippen molar-refractivity contribution in [2.75, 3.05) is 0 Å². The first-order valence-electron chi connectivity index (χ1n) is 14.4. The topological polar surface area (TPSA) is 130 Å². The second-order valence-electron chi connectivity index (χ2n) is 9.98. The molecule has 4 aromatic carbocycles. The molecule has 0 saturated heterocycles. The van der Waals surface area contributed by atoms with Gasteiger partial charge in [0.2, 0.25) is 0 Å². The summed E-state index contributed by atoms with van der Waals surface area (Å²) in [6.07, 6.45) is 0. The van der Waals surface area contributed by atoms with Crippen LogP contribution in [-0.4, -0.2) is 41.8 Å². The molecule has 0 amide bonds. The number of hydrogen-bond donors (Lipinski definition) is 0. The van der Waals surface area contributed by atoms with Crippen LogP contribution < -0.4 is 0 Å². The number of halogens is 12. The van der Waals surface area contributed by atoms with Crippen LogP contribution in [-0.2, 0) is 37.9 Å². The third-order valence-electron chi connectivity index (χ3n) is 5.85. The van der Waals surface area contributed by atoms with Gasteiger partial charge < -0.3 is 0 Å². The molecule has 0 aliphatic rings. The Morgan fingerprint density at radius 1 is 0.386 bits per heavy atom. The molecule has 0 aliphatic carbocycles. The summed E-state index contributed by atoms with van der Waals surface area (Å²) in [6, 6.07) is 23.6. The van der Waals surface area contributed by atoms with E-state index in [4.69, 9.17) is 0 Å². The van der Waals surface area contributed by atoms with E-state index in [-0.39, 0.29) is 27.4 Å². The first-order chi connectivity index (χ1) is 26.4. The minimum atomic E-state index is -6.16. The third-order valence-corrected chi connectivity index (χ3v) is 23.8. The summed E-state index contributed by atoms with van der Waals surface area (Å²) >= 11 is -12.3. The van der Waals surface area contributed by atoms with Crippen LogP contribution in [0.3, 0.4) is 0 Å². The maximum absolute atomic E-state index is 13.3. The average Bonchev–Trinajstić information content (AvgIpc) is 3.13. The van der Waals surface area contributed by atoms with Crippen molar-refractivity contribution < 1.29 is 72.3 Å². The third kappa shape index (κ3) is 13.2. The van der Waals surface area contributed by atoms with E-state index in [2.05, 4.69) is 37.1 Å². The Bertz CT molecular complexity index is 2300. The predicted octanol–water partition coefficient (Wildman–Crippen LogP) is 9.09. The standard InChI is InChI=1S/C33H18F9I3O9S3/c34-31(35,36)55(46,47)52-43(28-10-4-1-5-11-28)19-16-25-22-26(17-20-44(29-12-6-2-7-13-29)53-56(48,49)32(37,38)39)24-27(23-25)18-21-45(30-14-8-3-9-15-30)54-57(50,51)33(40,41)42/h1-15,22-24H. The Morgan fingerprint density at radius 3 is 0.789 bits per heavy atom.